The lowest BCUT2D eigenvalue weighted by atomic mass is 10.2. The molecule has 5 heteroatoms. The smallest absolute Gasteiger partial charge is 0.0424 e. The van der Waals surface area contributed by atoms with E-state index in [0.29, 0.717) is 16.1 Å². The number of likely N-dealkylation sites (N-methyl/N-ethyl adjacent to an activating group) is 1. The summed E-state index contributed by atoms with van der Waals surface area (Å²) in [4.78, 5) is 2.42. The van der Waals surface area contributed by atoms with Crippen LogP contribution in [-0.2, 0) is 6.54 Å². The SMILES string of the molecule is CNC1CCN(Cc2cc(Cl)cc(Cl)c2)C1.Cl. The van der Waals surface area contributed by atoms with Gasteiger partial charge in [-0.3, -0.25) is 4.90 Å². The highest BCUT2D eigenvalue weighted by Crippen LogP contribution is 2.21. The second-order valence-corrected chi connectivity index (χ2v) is 5.16. The van der Waals surface area contributed by atoms with Crippen LogP contribution in [0.15, 0.2) is 18.2 Å². The van der Waals surface area contributed by atoms with Gasteiger partial charge in [0, 0.05) is 35.7 Å². The molecule has 1 unspecified atom stereocenters. The first-order chi connectivity index (χ1) is 7.67. The average molecular weight is 296 g/mol. The summed E-state index contributed by atoms with van der Waals surface area (Å²) in [6.07, 6.45) is 1.21. The van der Waals surface area contributed by atoms with E-state index in [0.717, 1.165) is 19.6 Å². The van der Waals surface area contributed by atoms with Crippen molar-refractivity contribution in [2.24, 2.45) is 0 Å². The number of hydrogen-bond donors (Lipinski definition) is 1. The standard InChI is InChI=1S/C12H16Cl2N2.ClH/c1-15-12-2-3-16(8-12)7-9-4-10(13)6-11(14)5-9;/h4-6,12,15H,2-3,7-8H2,1H3;1H. The van der Waals surface area contributed by atoms with E-state index in [2.05, 4.69) is 10.2 Å². The lowest BCUT2D eigenvalue weighted by Crippen LogP contribution is -2.29. The highest BCUT2D eigenvalue weighted by atomic mass is 35.5. The summed E-state index contributed by atoms with van der Waals surface area (Å²) in [6.45, 7) is 3.16. The highest BCUT2D eigenvalue weighted by molar-refractivity contribution is 6.34. The lowest BCUT2D eigenvalue weighted by molar-refractivity contribution is 0.322. The molecular weight excluding hydrogens is 279 g/mol. The summed E-state index contributed by atoms with van der Waals surface area (Å²) >= 11 is 12.0. The minimum Gasteiger partial charge on any atom is -0.316 e. The predicted octanol–water partition coefficient (Wildman–Crippen LogP) is 3.21. The van der Waals surface area contributed by atoms with Crippen molar-refractivity contribution in [1.29, 1.82) is 0 Å². The lowest BCUT2D eigenvalue weighted by Gasteiger charge is -2.16. The van der Waals surface area contributed by atoms with Crippen LogP contribution < -0.4 is 5.32 Å². The number of halogens is 3. The van der Waals surface area contributed by atoms with Crippen LogP contribution in [0.5, 0.6) is 0 Å². The maximum atomic E-state index is 5.98. The number of hydrogen-bond acceptors (Lipinski definition) is 2. The fourth-order valence-corrected chi connectivity index (χ4v) is 2.74. The molecule has 0 aromatic heterocycles. The van der Waals surface area contributed by atoms with Gasteiger partial charge in [0.15, 0.2) is 0 Å². The molecule has 2 nitrogen and oxygen atoms in total. The molecule has 1 aromatic carbocycles. The van der Waals surface area contributed by atoms with Gasteiger partial charge in [0.1, 0.15) is 0 Å². The van der Waals surface area contributed by atoms with Crippen molar-refractivity contribution in [2.75, 3.05) is 20.1 Å². The zero-order valence-electron chi connectivity index (χ0n) is 9.75. The summed E-state index contributed by atoms with van der Waals surface area (Å²) in [6, 6.07) is 6.36. The molecule has 96 valence electrons. The fraction of sp³-hybridized carbons (Fsp3) is 0.500. The molecular formula is C12H17Cl3N2. The minimum absolute atomic E-state index is 0. The van der Waals surface area contributed by atoms with Gasteiger partial charge >= 0.3 is 0 Å². The van der Waals surface area contributed by atoms with Gasteiger partial charge in [-0.15, -0.1) is 12.4 Å². The zero-order valence-corrected chi connectivity index (χ0v) is 12.1. The third-order valence-corrected chi connectivity index (χ3v) is 3.45. The van der Waals surface area contributed by atoms with Gasteiger partial charge in [0.25, 0.3) is 0 Å². The third kappa shape index (κ3) is 4.31. The highest BCUT2D eigenvalue weighted by Gasteiger charge is 2.20. The molecule has 1 aromatic rings. The molecule has 0 spiro atoms. The van der Waals surface area contributed by atoms with Crippen molar-refractivity contribution in [3.05, 3.63) is 33.8 Å². The molecule has 1 N–H and O–H groups in total. The van der Waals surface area contributed by atoms with Crippen molar-refractivity contribution < 1.29 is 0 Å². The van der Waals surface area contributed by atoms with Gasteiger partial charge < -0.3 is 5.32 Å². The second kappa shape index (κ2) is 6.81. The molecule has 0 radical (unpaired) electrons. The summed E-state index contributed by atoms with van der Waals surface area (Å²) in [5, 5.41) is 4.74. The van der Waals surface area contributed by atoms with Gasteiger partial charge in [-0.25, -0.2) is 0 Å². The molecule has 0 bridgehead atoms. The monoisotopic (exact) mass is 294 g/mol. The first-order valence-electron chi connectivity index (χ1n) is 5.52. The van der Waals surface area contributed by atoms with Gasteiger partial charge in [-0.1, -0.05) is 23.2 Å². The van der Waals surface area contributed by atoms with Crippen LogP contribution in [0.4, 0.5) is 0 Å². The quantitative estimate of drug-likeness (QED) is 0.921. The second-order valence-electron chi connectivity index (χ2n) is 4.29. The number of likely N-dealkylation sites (tertiary alicyclic amines) is 1. The third-order valence-electron chi connectivity index (χ3n) is 3.01. The van der Waals surface area contributed by atoms with Crippen molar-refractivity contribution in [3.8, 4) is 0 Å². The average Bonchev–Trinajstić information content (AvgIpc) is 2.64. The summed E-state index contributed by atoms with van der Waals surface area (Å²) < 4.78 is 0. The zero-order chi connectivity index (χ0) is 11.5. The molecule has 1 fully saturated rings. The molecule has 1 aliphatic rings. The molecule has 1 heterocycles. The summed E-state index contributed by atoms with van der Waals surface area (Å²) in [5.74, 6) is 0. The van der Waals surface area contributed by atoms with Crippen LogP contribution in [0.25, 0.3) is 0 Å². The fourth-order valence-electron chi connectivity index (χ4n) is 2.17. The van der Waals surface area contributed by atoms with Crippen LogP contribution in [0.2, 0.25) is 10.0 Å². The van der Waals surface area contributed by atoms with Gasteiger partial charge in [0.05, 0.1) is 0 Å². The number of rotatable bonds is 3. The number of nitrogens with one attached hydrogen (secondary N) is 1. The molecule has 0 aliphatic carbocycles. The Bertz CT molecular complexity index is 351. The molecule has 0 saturated carbocycles. The van der Waals surface area contributed by atoms with E-state index >= 15 is 0 Å². The Kier molecular flexibility index (Phi) is 6.04. The number of benzene rings is 1. The minimum atomic E-state index is 0. The van der Waals surface area contributed by atoms with E-state index in [9.17, 15) is 0 Å². The van der Waals surface area contributed by atoms with E-state index in [4.69, 9.17) is 23.2 Å². The Morgan fingerprint density at radius 3 is 2.47 bits per heavy atom. The van der Waals surface area contributed by atoms with E-state index in [1.165, 1.54) is 12.0 Å². The maximum Gasteiger partial charge on any atom is 0.0424 e. The van der Waals surface area contributed by atoms with Crippen LogP contribution >= 0.6 is 35.6 Å². The largest absolute Gasteiger partial charge is 0.316 e. The van der Waals surface area contributed by atoms with Crippen molar-refractivity contribution in [3.63, 3.8) is 0 Å². The Morgan fingerprint density at radius 2 is 1.94 bits per heavy atom. The Labute approximate surface area is 119 Å². The first-order valence-corrected chi connectivity index (χ1v) is 6.27. The predicted molar refractivity (Wildman–Crippen MR) is 76.5 cm³/mol. The molecule has 0 amide bonds. The molecule has 1 saturated heterocycles. The van der Waals surface area contributed by atoms with Crippen LogP contribution in [-0.4, -0.2) is 31.1 Å². The number of nitrogens with zero attached hydrogens (tertiary/aromatic N) is 1. The topological polar surface area (TPSA) is 15.3 Å². The van der Waals surface area contributed by atoms with E-state index in [1.807, 2.05) is 19.2 Å². The van der Waals surface area contributed by atoms with E-state index in [1.54, 1.807) is 6.07 Å². The normalized spacial score (nSPS) is 20.3. The van der Waals surface area contributed by atoms with Gasteiger partial charge in [-0.05, 0) is 37.2 Å². The summed E-state index contributed by atoms with van der Waals surface area (Å²) in [7, 11) is 2.02. The van der Waals surface area contributed by atoms with E-state index < -0.39 is 0 Å². The molecule has 17 heavy (non-hydrogen) atoms. The van der Waals surface area contributed by atoms with Gasteiger partial charge in [-0.2, -0.15) is 0 Å². The molecule has 2 rings (SSSR count). The van der Waals surface area contributed by atoms with Crippen LogP contribution in [0.1, 0.15) is 12.0 Å². The molecule has 1 atom stereocenters. The Hall–Kier alpha value is 0.01000. The van der Waals surface area contributed by atoms with Crippen molar-refractivity contribution in [1.82, 2.24) is 10.2 Å². The van der Waals surface area contributed by atoms with Crippen LogP contribution in [0.3, 0.4) is 0 Å². The van der Waals surface area contributed by atoms with Gasteiger partial charge in [0.2, 0.25) is 0 Å². The van der Waals surface area contributed by atoms with Crippen molar-refractivity contribution in [2.45, 2.75) is 19.0 Å². The van der Waals surface area contributed by atoms with E-state index in [-0.39, 0.29) is 12.4 Å². The summed E-state index contributed by atoms with van der Waals surface area (Å²) in [5.41, 5.74) is 1.19. The molecule has 1 aliphatic heterocycles. The maximum absolute atomic E-state index is 5.98. The van der Waals surface area contributed by atoms with Crippen molar-refractivity contribution >= 4 is 35.6 Å². The van der Waals surface area contributed by atoms with Crippen LogP contribution in [0, 0.1) is 0 Å². The first kappa shape index (κ1) is 15.1. The Balaban J connectivity index is 0.00000144. The Morgan fingerprint density at radius 1 is 1.29 bits per heavy atom.